The summed E-state index contributed by atoms with van der Waals surface area (Å²) in [4.78, 5) is 21.1. The molecule has 0 fully saturated rings. The number of benzene rings is 7. The molecule has 0 bridgehead atoms. The molecule has 1 aliphatic heterocycles. The molecular weight excluding hydrogens is 715 g/mol. The third kappa shape index (κ3) is 5.43. The van der Waals surface area contributed by atoms with Crippen LogP contribution in [0.5, 0.6) is 0 Å². The summed E-state index contributed by atoms with van der Waals surface area (Å²) in [5.41, 5.74) is 8.66. The van der Waals surface area contributed by atoms with Crippen LogP contribution in [0, 0.1) is 17.9 Å². The molecule has 0 saturated carbocycles. The molecule has 7 aromatic carbocycles. The Bertz CT molecular complexity index is 3030. The third-order valence-corrected chi connectivity index (χ3v) is 14.6. The number of fused-ring (bicyclic) bond motifs is 5. The Balaban J connectivity index is 1.23. The maximum absolute atomic E-state index is 11.0. The number of rotatable bonds is 5. The van der Waals surface area contributed by atoms with Gasteiger partial charge in [0, 0.05) is 44.5 Å². The number of hydrogen-bond donors (Lipinski definition) is 0. The monoisotopic (exact) mass is 747 g/mol. The molecule has 7 nitrogen and oxygen atoms in total. The minimum Gasteiger partial charge on any atom is -0.318 e. The average Bonchev–Trinajstić information content (AvgIpc) is 3.59. The molecule has 3 heterocycles. The van der Waals surface area contributed by atoms with Gasteiger partial charge in [-0.2, -0.15) is 5.26 Å². The molecule has 0 spiro atoms. The maximum Gasteiger partial charge on any atom is 0.212 e. The summed E-state index contributed by atoms with van der Waals surface area (Å²) < 4.78 is 2.11. The predicted molar refractivity (Wildman–Crippen MR) is 233 cm³/mol. The first-order valence-electron chi connectivity index (χ1n) is 18.8. The number of aromatic nitrogens is 4. The zero-order chi connectivity index (χ0) is 38.7. The summed E-state index contributed by atoms with van der Waals surface area (Å²) in [6.45, 7) is 13.4. The van der Waals surface area contributed by atoms with Crippen LogP contribution in [0.15, 0.2) is 164 Å². The molecule has 9 aromatic rings. The average molecular weight is 748 g/mol. The number of anilines is 3. The number of nitriles is 1. The van der Waals surface area contributed by atoms with Crippen molar-refractivity contribution in [3.05, 3.63) is 181 Å². The van der Waals surface area contributed by atoms with Gasteiger partial charge in [0.1, 0.15) is 8.07 Å². The van der Waals surface area contributed by atoms with Crippen LogP contribution in [0.2, 0.25) is 13.1 Å². The van der Waals surface area contributed by atoms with Gasteiger partial charge < -0.3 is 9.47 Å². The highest BCUT2D eigenvalue weighted by Gasteiger charge is 2.39. The topological polar surface area (TPSA) is 75.0 Å². The van der Waals surface area contributed by atoms with E-state index in [1.54, 1.807) is 0 Å². The van der Waals surface area contributed by atoms with Gasteiger partial charge >= 0.3 is 0 Å². The molecule has 0 atom stereocenters. The van der Waals surface area contributed by atoms with Gasteiger partial charge in [-0.25, -0.2) is 19.8 Å². The molecule has 268 valence electrons. The molecule has 2 aromatic heterocycles. The SMILES string of the molecule is [C-]#[N+]c1cc(-c2nc(-c3ccccc3)nc(-c3ccccc3)n2)cc(C#N)c1-n1c2ccccc2c2cc3c(cc21)N(c1ccccc1)c1ccccc1[Si]3(C)C. The highest BCUT2D eigenvalue weighted by molar-refractivity contribution is 7.02. The van der Waals surface area contributed by atoms with E-state index in [-0.39, 0.29) is 0 Å². The van der Waals surface area contributed by atoms with Crippen molar-refractivity contribution < 1.29 is 0 Å². The van der Waals surface area contributed by atoms with Crippen LogP contribution in [0.4, 0.5) is 22.7 Å². The molecule has 1 aliphatic rings. The van der Waals surface area contributed by atoms with Crippen molar-refractivity contribution in [2.24, 2.45) is 0 Å². The van der Waals surface area contributed by atoms with Crippen LogP contribution >= 0.6 is 0 Å². The first-order chi connectivity index (χ1) is 27.9. The van der Waals surface area contributed by atoms with Gasteiger partial charge in [0.05, 0.1) is 34.9 Å². The van der Waals surface area contributed by atoms with Crippen molar-refractivity contribution in [2.75, 3.05) is 4.90 Å². The van der Waals surface area contributed by atoms with Crippen LogP contribution < -0.4 is 15.3 Å². The van der Waals surface area contributed by atoms with E-state index in [2.05, 4.69) is 112 Å². The van der Waals surface area contributed by atoms with E-state index in [4.69, 9.17) is 21.5 Å². The van der Waals surface area contributed by atoms with E-state index in [1.807, 2.05) is 84.9 Å². The van der Waals surface area contributed by atoms with Crippen LogP contribution in [0.25, 0.3) is 66.5 Å². The van der Waals surface area contributed by atoms with E-state index in [9.17, 15) is 5.26 Å². The summed E-state index contributed by atoms with van der Waals surface area (Å²) in [6.07, 6.45) is 0. The summed E-state index contributed by atoms with van der Waals surface area (Å²) in [7, 11) is -2.19. The first kappa shape index (κ1) is 33.9. The lowest BCUT2D eigenvalue weighted by Crippen LogP contribution is -2.58. The maximum atomic E-state index is 11.0. The summed E-state index contributed by atoms with van der Waals surface area (Å²) in [5.74, 6) is 1.40. The van der Waals surface area contributed by atoms with Crippen molar-refractivity contribution in [3.63, 3.8) is 0 Å². The van der Waals surface area contributed by atoms with Crippen molar-refractivity contribution in [3.8, 4) is 45.9 Å². The quantitative estimate of drug-likeness (QED) is 0.129. The van der Waals surface area contributed by atoms with Gasteiger partial charge in [-0.3, -0.25) is 0 Å². The van der Waals surface area contributed by atoms with Crippen LogP contribution in [0.1, 0.15) is 5.56 Å². The first-order valence-corrected chi connectivity index (χ1v) is 21.8. The molecular formula is C49H33N7Si. The van der Waals surface area contributed by atoms with E-state index in [0.717, 1.165) is 44.3 Å². The molecule has 8 heteroatoms. The van der Waals surface area contributed by atoms with Crippen molar-refractivity contribution in [2.45, 2.75) is 13.1 Å². The Labute approximate surface area is 331 Å². The van der Waals surface area contributed by atoms with Gasteiger partial charge in [0.2, 0.25) is 5.69 Å². The summed E-state index contributed by atoms with van der Waals surface area (Å²) in [6, 6.07) is 57.8. The number of nitrogens with zero attached hydrogens (tertiary/aromatic N) is 7. The Kier molecular flexibility index (Phi) is 7.89. The lowest BCUT2D eigenvalue weighted by atomic mass is 10.1. The van der Waals surface area contributed by atoms with Crippen molar-refractivity contribution in [1.82, 2.24) is 19.5 Å². The number of hydrogen-bond acceptors (Lipinski definition) is 5. The van der Waals surface area contributed by atoms with E-state index < -0.39 is 8.07 Å². The lowest BCUT2D eigenvalue weighted by Gasteiger charge is -2.41. The molecule has 0 aliphatic carbocycles. The second-order valence-corrected chi connectivity index (χ2v) is 19.0. The Hall–Kier alpha value is -7.65. The van der Waals surface area contributed by atoms with Crippen LogP contribution in [-0.2, 0) is 0 Å². The van der Waals surface area contributed by atoms with E-state index in [1.165, 1.54) is 16.1 Å². The zero-order valence-electron chi connectivity index (χ0n) is 31.2. The Morgan fingerprint density at radius 1 is 0.561 bits per heavy atom. The third-order valence-electron chi connectivity index (χ3n) is 11.0. The van der Waals surface area contributed by atoms with Crippen LogP contribution in [0.3, 0.4) is 0 Å². The van der Waals surface area contributed by atoms with E-state index >= 15 is 0 Å². The second-order valence-electron chi connectivity index (χ2n) is 14.7. The largest absolute Gasteiger partial charge is 0.318 e. The second kappa shape index (κ2) is 13.3. The van der Waals surface area contributed by atoms with Gasteiger partial charge in [0.15, 0.2) is 17.5 Å². The van der Waals surface area contributed by atoms with Gasteiger partial charge in [0.25, 0.3) is 0 Å². The molecule has 0 saturated heterocycles. The fourth-order valence-electron chi connectivity index (χ4n) is 8.35. The zero-order valence-corrected chi connectivity index (χ0v) is 32.2. The molecule has 57 heavy (non-hydrogen) atoms. The lowest BCUT2D eigenvalue weighted by molar-refractivity contribution is 1.07. The minimum absolute atomic E-state index is 0.326. The smallest absolute Gasteiger partial charge is 0.212 e. The normalized spacial score (nSPS) is 12.8. The van der Waals surface area contributed by atoms with Gasteiger partial charge in [-0.05, 0) is 52.8 Å². The molecule has 0 N–H and O–H groups in total. The van der Waals surface area contributed by atoms with E-state index in [0.29, 0.717) is 40.0 Å². The highest BCUT2D eigenvalue weighted by Crippen LogP contribution is 2.44. The summed E-state index contributed by atoms with van der Waals surface area (Å²) in [5, 5.41) is 15.8. The van der Waals surface area contributed by atoms with Crippen molar-refractivity contribution >= 4 is 63.0 Å². The predicted octanol–water partition coefficient (Wildman–Crippen LogP) is 11.0. The fourth-order valence-corrected chi connectivity index (χ4v) is 11.3. The molecule has 0 unspecified atom stereocenters. The molecule has 0 radical (unpaired) electrons. The van der Waals surface area contributed by atoms with Crippen molar-refractivity contribution in [1.29, 1.82) is 5.26 Å². The highest BCUT2D eigenvalue weighted by atomic mass is 28.3. The minimum atomic E-state index is -2.19. The molecule has 10 rings (SSSR count). The van der Waals surface area contributed by atoms with Crippen LogP contribution in [-0.4, -0.2) is 27.6 Å². The summed E-state index contributed by atoms with van der Waals surface area (Å²) >= 11 is 0. The number of para-hydroxylation sites is 3. The Morgan fingerprint density at radius 2 is 1.14 bits per heavy atom. The van der Waals surface area contributed by atoms with Gasteiger partial charge in [-0.1, -0.05) is 134 Å². The fraction of sp³-hybridized carbons (Fsp3) is 0.0408. The Morgan fingerprint density at radius 3 is 1.79 bits per heavy atom. The van der Waals surface area contributed by atoms with Gasteiger partial charge in [-0.15, -0.1) is 0 Å². The standard InChI is InChI=1S/C49H33N7Si/c1-51-39-28-34(49-53-47(32-17-7-4-8-18-32)52-48(54-49)33-19-9-5-10-20-33)27-35(31-50)46(39)56-40-24-14-13-23-37(40)38-29-45-43(30-42(38)56)55(36-21-11-6-12-22-36)41-25-15-16-26-44(41)57(45,2)3/h4-30H,2-3H3. The molecule has 0 amide bonds.